The van der Waals surface area contributed by atoms with Crippen LogP contribution in [0.2, 0.25) is 0 Å². The molecule has 124 valence electrons. The first-order chi connectivity index (χ1) is 11.8. The van der Waals surface area contributed by atoms with Crippen molar-refractivity contribution < 1.29 is 14.3 Å². The number of hydrogen-bond acceptors (Lipinski definition) is 3. The second-order valence-corrected chi connectivity index (χ2v) is 5.73. The highest BCUT2D eigenvalue weighted by Crippen LogP contribution is 2.10. The van der Waals surface area contributed by atoms with Gasteiger partial charge >= 0.3 is 0 Å². The van der Waals surface area contributed by atoms with Crippen LogP contribution in [0.4, 0.5) is 0 Å². The van der Waals surface area contributed by atoms with Crippen molar-refractivity contribution >= 4 is 12.0 Å². The van der Waals surface area contributed by atoms with Gasteiger partial charge in [0.25, 0.3) is 0 Å². The van der Waals surface area contributed by atoms with E-state index in [1.807, 2.05) is 72.8 Å². The van der Waals surface area contributed by atoms with E-state index in [0.29, 0.717) is 19.6 Å². The maximum absolute atomic E-state index is 12.0. The molecule has 0 bridgehead atoms. The third-order valence-corrected chi connectivity index (χ3v) is 3.74. The average Bonchev–Trinajstić information content (AvgIpc) is 2.63. The van der Waals surface area contributed by atoms with Crippen LogP contribution in [0, 0.1) is 0 Å². The van der Waals surface area contributed by atoms with Gasteiger partial charge in [0.2, 0.25) is 5.91 Å². The smallest absolute Gasteiger partial charge is 0.224 e. The molecule has 1 saturated heterocycles. The average molecular weight is 323 g/mol. The van der Waals surface area contributed by atoms with Crippen molar-refractivity contribution in [1.82, 2.24) is 5.32 Å². The number of carbonyl (C=O) groups excluding carboxylic acids is 1. The van der Waals surface area contributed by atoms with E-state index in [1.165, 1.54) is 0 Å². The molecular formula is C20H21NO3. The molecule has 0 atom stereocenters. The van der Waals surface area contributed by atoms with Crippen LogP contribution in [0.25, 0.3) is 6.08 Å². The lowest BCUT2D eigenvalue weighted by Gasteiger charge is -2.28. The first-order valence-corrected chi connectivity index (χ1v) is 8.09. The second kappa shape index (κ2) is 8.43. The molecule has 2 aromatic rings. The van der Waals surface area contributed by atoms with Crippen LogP contribution < -0.4 is 5.32 Å². The number of rotatable bonds is 5. The Hall–Kier alpha value is -2.43. The Morgan fingerprint density at radius 1 is 1.00 bits per heavy atom. The number of amides is 1. The van der Waals surface area contributed by atoms with Crippen LogP contribution >= 0.6 is 0 Å². The van der Waals surface area contributed by atoms with Crippen LogP contribution in [0.5, 0.6) is 0 Å². The summed E-state index contributed by atoms with van der Waals surface area (Å²) in [5.41, 5.74) is 2.10. The lowest BCUT2D eigenvalue weighted by atomic mass is 10.1. The molecule has 1 aliphatic heterocycles. The quantitative estimate of drug-likeness (QED) is 0.920. The normalized spacial score (nSPS) is 20.8. The Balaban J connectivity index is 1.42. The molecule has 3 rings (SSSR count). The van der Waals surface area contributed by atoms with Gasteiger partial charge in [0, 0.05) is 0 Å². The SMILES string of the molecule is O=C(Cc1ccccc1)NC1COC(/C=C/c2ccccc2)OC1. The van der Waals surface area contributed by atoms with E-state index in [4.69, 9.17) is 9.47 Å². The van der Waals surface area contributed by atoms with Gasteiger partial charge in [-0.1, -0.05) is 66.7 Å². The lowest BCUT2D eigenvalue weighted by Crippen LogP contribution is -2.47. The maximum atomic E-state index is 12.0. The number of benzene rings is 2. The fraction of sp³-hybridized carbons (Fsp3) is 0.250. The second-order valence-electron chi connectivity index (χ2n) is 5.73. The number of carbonyl (C=O) groups is 1. The standard InChI is InChI=1S/C20H21NO3/c22-19(13-17-9-5-2-6-10-17)21-18-14-23-20(24-15-18)12-11-16-7-3-1-4-8-16/h1-12,18,20H,13-15H2,(H,21,22)/b12-11+. The fourth-order valence-electron chi connectivity index (χ4n) is 2.53. The number of hydrogen-bond donors (Lipinski definition) is 1. The summed E-state index contributed by atoms with van der Waals surface area (Å²) >= 11 is 0. The Morgan fingerprint density at radius 3 is 2.29 bits per heavy atom. The van der Waals surface area contributed by atoms with Gasteiger partial charge in [-0.25, -0.2) is 0 Å². The van der Waals surface area contributed by atoms with Gasteiger partial charge < -0.3 is 14.8 Å². The molecule has 1 aliphatic rings. The Morgan fingerprint density at radius 2 is 1.62 bits per heavy atom. The molecule has 0 radical (unpaired) electrons. The van der Waals surface area contributed by atoms with E-state index >= 15 is 0 Å². The maximum Gasteiger partial charge on any atom is 0.224 e. The number of nitrogens with one attached hydrogen (secondary N) is 1. The van der Waals surface area contributed by atoms with E-state index < -0.39 is 0 Å². The van der Waals surface area contributed by atoms with Gasteiger partial charge in [0.1, 0.15) is 0 Å². The van der Waals surface area contributed by atoms with Gasteiger partial charge in [-0.3, -0.25) is 4.79 Å². The van der Waals surface area contributed by atoms with Crippen molar-refractivity contribution in [3.63, 3.8) is 0 Å². The van der Waals surface area contributed by atoms with Crippen molar-refractivity contribution in [3.05, 3.63) is 77.9 Å². The van der Waals surface area contributed by atoms with Gasteiger partial charge in [0.15, 0.2) is 6.29 Å². The molecule has 1 N–H and O–H groups in total. The van der Waals surface area contributed by atoms with Crippen LogP contribution in [0.1, 0.15) is 11.1 Å². The fourth-order valence-corrected chi connectivity index (χ4v) is 2.53. The largest absolute Gasteiger partial charge is 0.348 e. The first-order valence-electron chi connectivity index (χ1n) is 8.09. The highest BCUT2D eigenvalue weighted by atomic mass is 16.7. The van der Waals surface area contributed by atoms with Gasteiger partial charge in [-0.2, -0.15) is 0 Å². The third kappa shape index (κ3) is 5.05. The van der Waals surface area contributed by atoms with E-state index in [2.05, 4.69) is 5.32 Å². The molecule has 2 aromatic carbocycles. The Kier molecular flexibility index (Phi) is 5.77. The van der Waals surface area contributed by atoms with E-state index in [-0.39, 0.29) is 18.2 Å². The molecule has 1 heterocycles. The number of ether oxygens (including phenoxy) is 2. The monoisotopic (exact) mass is 323 g/mol. The molecule has 4 nitrogen and oxygen atoms in total. The summed E-state index contributed by atoms with van der Waals surface area (Å²) in [4.78, 5) is 12.0. The molecule has 0 unspecified atom stereocenters. The molecule has 1 amide bonds. The van der Waals surface area contributed by atoms with Crippen LogP contribution in [0.3, 0.4) is 0 Å². The highest BCUT2D eigenvalue weighted by Gasteiger charge is 2.21. The first kappa shape index (κ1) is 16.4. The van der Waals surface area contributed by atoms with Gasteiger partial charge in [-0.05, 0) is 17.2 Å². The summed E-state index contributed by atoms with van der Waals surface area (Å²) in [6.07, 6.45) is 3.86. The van der Waals surface area contributed by atoms with Crippen molar-refractivity contribution in [2.75, 3.05) is 13.2 Å². The van der Waals surface area contributed by atoms with Crippen molar-refractivity contribution in [2.24, 2.45) is 0 Å². The third-order valence-electron chi connectivity index (χ3n) is 3.74. The molecular weight excluding hydrogens is 302 g/mol. The van der Waals surface area contributed by atoms with E-state index in [9.17, 15) is 4.79 Å². The summed E-state index contributed by atoms with van der Waals surface area (Å²) in [6, 6.07) is 19.6. The molecule has 24 heavy (non-hydrogen) atoms. The Bertz CT molecular complexity index is 662. The molecule has 0 spiro atoms. The summed E-state index contributed by atoms with van der Waals surface area (Å²) < 4.78 is 11.3. The molecule has 4 heteroatoms. The van der Waals surface area contributed by atoms with Crippen LogP contribution in [0.15, 0.2) is 66.7 Å². The summed E-state index contributed by atoms with van der Waals surface area (Å²) in [5.74, 6) is -0.0170. The zero-order valence-electron chi connectivity index (χ0n) is 13.4. The molecule has 0 aliphatic carbocycles. The summed E-state index contributed by atoms with van der Waals surface area (Å²) in [6.45, 7) is 0.897. The zero-order valence-corrected chi connectivity index (χ0v) is 13.4. The van der Waals surface area contributed by atoms with Crippen molar-refractivity contribution in [2.45, 2.75) is 18.8 Å². The van der Waals surface area contributed by atoms with Crippen molar-refractivity contribution in [3.8, 4) is 0 Å². The lowest BCUT2D eigenvalue weighted by molar-refractivity contribution is -0.165. The summed E-state index contributed by atoms with van der Waals surface area (Å²) in [7, 11) is 0. The molecule has 0 saturated carbocycles. The van der Waals surface area contributed by atoms with E-state index in [1.54, 1.807) is 0 Å². The van der Waals surface area contributed by atoms with Crippen LogP contribution in [-0.4, -0.2) is 31.5 Å². The van der Waals surface area contributed by atoms with Gasteiger partial charge in [-0.15, -0.1) is 0 Å². The zero-order chi connectivity index (χ0) is 16.6. The van der Waals surface area contributed by atoms with E-state index in [0.717, 1.165) is 11.1 Å². The topological polar surface area (TPSA) is 47.6 Å². The predicted molar refractivity (Wildman–Crippen MR) is 93.2 cm³/mol. The summed E-state index contributed by atoms with van der Waals surface area (Å²) in [5, 5.41) is 2.95. The minimum Gasteiger partial charge on any atom is -0.348 e. The van der Waals surface area contributed by atoms with Gasteiger partial charge in [0.05, 0.1) is 25.7 Å². The predicted octanol–water partition coefficient (Wildman–Crippen LogP) is 2.80. The molecule has 0 aromatic heterocycles. The minimum absolute atomic E-state index is 0.0170. The Labute approximate surface area is 142 Å². The van der Waals surface area contributed by atoms with Crippen LogP contribution in [-0.2, 0) is 20.7 Å². The minimum atomic E-state index is -0.368. The van der Waals surface area contributed by atoms with Crippen molar-refractivity contribution in [1.29, 1.82) is 0 Å². The highest BCUT2D eigenvalue weighted by molar-refractivity contribution is 5.78. The molecule has 1 fully saturated rings.